The van der Waals surface area contributed by atoms with E-state index in [9.17, 15) is 19.5 Å². The van der Waals surface area contributed by atoms with Gasteiger partial charge >= 0.3 is 0 Å². The van der Waals surface area contributed by atoms with E-state index in [1.807, 2.05) is 49.4 Å². The maximum atomic E-state index is 16.6. The first kappa shape index (κ1) is 37.2. The minimum Gasteiger partial charge on any atom is -0.394 e. The van der Waals surface area contributed by atoms with E-state index >= 15 is 4.11 Å². The monoisotopic (exact) mass is 715 g/mol. The van der Waals surface area contributed by atoms with Crippen molar-refractivity contribution in [3.63, 3.8) is 0 Å². The Bertz CT molecular complexity index is 1730. The molecule has 0 unspecified atom stereocenters. The van der Waals surface area contributed by atoms with Crippen molar-refractivity contribution in [3.8, 4) is 0 Å². The fourth-order valence-electron chi connectivity index (χ4n) is 8.93. The molecule has 4 heterocycles. The number of benzene rings is 2. The van der Waals surface area contributed by atoms with Crippen LogP contribution in [-0.2, 0) is 37.7 Å². The third kappa shape index (κ3) is 7.11. The van der Waals surface area contributed by atoms with E-state index < -0.39 is 37.6 Å². The number of nitrogens with zero attached hydrogens (tertiary/aromatic N) is 3. The van der Waals surface area contributed by atoms with E-state index in [4.69, 9.17) is 4.74 Å². The Morgan fingerprint density at radius 3 is 2.51 bits per heavy atom. The fraction of sp³-hybridized carbons (Fsp3) is 0.537. The van der Waals surface area contributed by atoms with E-state index in [2.05, 4.69) is 32.9 Å². The first-order valence-corrected chi connectivity index (χ1v) is 21.6. The number of rotatable bonds is 10. The molecule has 0 aromatic heterocycles. The van der Waals surface area contributed by atoms with Crippen molar-refractivity contribution in [2.45, 2.75) is 116 Å². The number of anilines is 2. The topological polar surface area (TPSA) is 90.4 Å². The minimum absolute atomic E-state index is 0.0481. The molecule has 10 heteroatoms. The number of aliphatic hydroxyl groups excluding tert-OH is 1. The molecule has 2 aromatic carbocycles. The maximum Gasteiger partial charge on any atom is 0.264 e. The van der Waals surface area contributed by atoms with Gasteiger partial charge in [-0.3, -0.25) is 14.4 Å². The molecule has 4 aliphatic rings. The number of piperidine rings is 1. The van der Waals surface area contributed by atoms with Crippen molar-refractivity contribution < 1.29 is 28.3 Å². The maximum absolute atomic E-state index is 16.6. The average Bonchev–Trinajstić information content (AvgIpc) is 3.52. The lowest BCUT2D eigenvalue weighted by atomic mass is 9.82. The van der Waals surface area contributed by atoms with Crippen LogP contribution in [0.4, 0.5) is 15.5 Å². The van der Waals surface area contributed by atoms with Gasteiger partial charge in [-0.2, -0.15) is 0 Å². The highest BCUT2D eigenvalue weighted by atomic mass is 28.4. The molecular formula is C41H54FN3O5Si. The van der Waals surface area contributed by atoms with Gasteiger partial charge in [0.1, 0.15) is 0 Å². The van der Waals surface area contributed by atoms with Crippen molar-refractivity contribution in [2.24, 2.45) is 5.92 Å². The van der Waals surface area contributed by atoms with Crippen LogP contribution >= 0.6 is 0 Å². The van der Waals surface area contributed by atoms with Crippen LogP contribution in [0.5, 0.6) is 0 Å². The number of hydrogen-bond donors (Lipinski definition) is 1. The Kier molecular flexibility index (Phi) is 10.8. The van der Waals surface area contributed by atoms with Gasteiger partial charge in [-0.15, -0.1) is 0 Å². The number of hydrogen-bond acceptors (Lipinski definition) is 5. The molecule has 6 rings (SSSR count). The summed E-state index contributed by atoms with van der Waals surface area (Å²) in [6.07, 6.45) is 7.90. The predicted molar refractivity (Wildman–Crippen MR) is 202 cm³/mol. The zero-order valence-corrected chi connectivity index (χ0v) is 32.1. The van der Waals surface area contributed by atoms with E-state index in [0.717, 1.165) is 36.8 Å². The van der Waals surface area contributed by atoms with Gasteiger partial charge in [-0.05, 0) is 95.3 Å². The number of carbonyl (C=O) groups is 3. The van der Waals surface area contributed by atoms with Crippen LogP contribution in [-0.4, -0.2) is 68.0 Å². The Labute approximate surface area is 303 Å². The summed E-state index contributed by atoms with van der Waals surface area (Å²) in [6.45, 7) is 12.5. The molecule has 8 nitrogen and oxygen atoms in total. The summed E-state index contributed by atoms with van der Waals surface area (Å²) in [5.74, 6) is -0.985. The van der Waals surface area contributed by atoms with Gasteiger partial charge in [0.25, 0.3) is 5.91 Å². The summed E-state index contributed by atoms with van der Waals surface area (Å²) in [4.78, 5) is 47.4. The van der Waals surface area contributed by atoms with Gasteiger partial charge < -0.3 is 28.7 Å². The summed E-state index contributed by atoms with van der Waals surface area (Å²) >= 11 is 0. The quantitative estimate of drug-likeness (QED) is 0.158. The highest BCUT2D eigenvalue weighted by Gasteiger charge is 2.67. The van der Waals surface area contributed by atoms with E-state index in [-0.39, 0.29) is 30.7 Å². The van der Waals surface area contributed by atoms with Crippen molar-refractivity contribution >= 4 is 37.5 Å². The molecule has 1 N–H and O–H groups in total. The highest BCUT2D eigenvalue weighted by Crippen LogP contribution is 2.60. The van der Waals surface area contributed by atoms with Crippen LogP contribution in [0, 0.1) is 5.92 Å². The number of allylic oxidation sites excluding steroid dienone is 3. The lowest BCUT2D eigenvalue weighted by molar-refractivity contribution is -0.150. The molecule has 0 aliphatic carbocycles. The molecule has 3 amide bonds. The summed E-state index contributed by atoms with van der Waals surface area (Å²) < 4.78 is 23.6. The summed E-state index contributed by atoms with van der Waals surface area (Å²) in [5, 5.41) is 10.3. The molecule has 4 aliphatic heterocycles. The standard InChI is InChI=1S/C41H54FN3O5Si/c1-27(2)12-11-13-28(3)19-21-44-35-18-17-32(43-20-10-9-16-37(43)47)23-34(35)41(40(44)49)29(4)39(51(5,6)42)36(50-41)24-38(48)45-25-31-15-8-7-14-30(31)22-33(45)26-46/h7-8,12,14-15,17-19,23,29,33,36,39,46H,9-11,13,16,20-22,24-26H2,1-6H3/b28-19+/t29-,33-,36+,39-,41+/m0/s1. The van der Waals surface area contributed by atoms with Crippen LogP contribution in [0.2, 0.25) is 18.6 Å². The van der Waals surface area contributed by atoms with Crippen molar-refractivity contribution in [1.29, 1.82) is 0 Å². The number of aliphatic hydroxyl groups is 1. The first-order chi connectivity index (χ1) is 24.3. The molecule has 2 saturated heterocycles. The van der Waals surface area contributed by atoms with Gasteiger partial charge in [0.05, 0.1) is 30.9 Å². The summed E-state index contributed by atoms with van der Waals surface area (Å²) in [5.41, 5.74) is 4.47. The van der Waals surface area contributed by atoms with Gasteiger partial charge in [0, 0.05) is 48.8 Å². The second kappa shape index (κ2) is 14.8. The van der Waals surface area contributed by atoms with Crippen molar-refractivity contribution in [3.05, 3.63) is 82.5 Å². The largest absolute Gasteiger partial charge is 0.394 e. The molecule has 1 spiro atoms. The second-order valence-corrected chi connectivity index (χ2v) is 19.6. The molecule has 0 radical (unpaired) electrons. The van der Waals surface area contributed by atoms with Gasteiger partial charge in [-0.25, -0.2) is 0 Å². The van der Waals surface area contributed by atoms with E-state index in [1.54, 1.807) is 27.8 Å². The van der Waals surface area contributed by atoms with Gasteiger partial charge in [-0.1, -0.05) is 54.5 Å². The van der Waals surface area contributed by atoms with Crippen LogP contribution < -0.4 is 9.80 Å². The Morgan fingerprint density at radius 2 is 1.82 bits per heavy atom. The molecule has 2 fully saturated rings. The van der Waals surface area contributed by atoms with Crippen LogP contribution in [0.1, 0.15) is 82.9 Å². The van der Waals surface area contributed by atoms with Crippen LogP contribution in [0.3, 0.4) is 0 Å². The Balaban J connectivity index is 1.37. The predicted octanol–water partition coefficient (Wildman–Crippen LogP) is 7.35. The molecular weight excluding hydrogens is 662 g/mol. The highest BCUT2D eigenvalue weighted by molar-refractivity contribution is 6.72. The zero-order valence-electron chi connectivity index (χ0n) is 31.1. The average molecular weight is 716 g/mol. The number of amides is 3. The van der Waals surface area contributed by atoms with Crippen molar-refractivity contribution in [1.82, 2.24) is 4.90 Å². The third-order valence-electron chi connectivity index (χ3n) is 11.6. The fourth-order valence-corrected chi connectivity index (χ4v) is 11.4. The normalized spacial score (nSPS) is 26.5. The number of carbonyl (C=O) groups excluding carboxylic acids is 3. The second-order valence-electron chi connectivity index (χ2n) is 15.8. The van der Waals surface area contributed by atoms with Crippen LogP contribution in [0.15, 0.2) is 65.8 Å². The molecule has 2 aromatic rings. The Morgan fingerprint density at radius 1 is 1.08 bits per heavy atom. The number of fused-ring (bicyclic) bond motifs is 3. The Hall–Kier alpha value is -3.60. The molecule has 274 valence electrons. The van der Waals surface area contributed by atoms with E-state index in [1.165, 1.54) is 11.1 Å². The van der Waals surface area contributed by atoms with Gasteiger partial charge in [0.15, 0.2) is 5.60 Å². The molecule has 0 saturated carbocycles. The minimum atomic E-state index is -3.53. The molecule has 0 bridgehead atoms. The summed E-state index contributed by atoms with van der Waals surface area (Å²) in [6, 6.07) is 13.3. The van der Waals surface area contributed by atoms with Gasteiger partial charge in [0.2, 0.25) is 20.2 Å². The van der Waals surface area contributed by atoms with Crippen LogP contribution in [0.25, 0.3) is 0 Å². The summed E-state index contributed by atoms with van der Waals surface area (Å²) in [7, 11) is -3.53. The SMILES string of the molecule is CC(C)=CCC/C(C)=C/CN1C(=O)[C@]2(O[C@H](CC(=O)N3Cc4ccccc4C[C@H]3CO)[C@@H]([Si](C)(C)F)[C@@H]2C)c2cc(N3CCCCC3=O)ccc21. The smallest absolute Gasteiger partial charge is 0.264 e. The third-order valence-corrected chi connectivity index (χ3v) is 14.0. The lowest BCUT2D eigenvalue weighted by Crippen LogP contribution is -2.48. The number of halogens is 1. The zero-order chi connectivity index (χ0) is 36.7. The molecule has 51 heavy (non-hydrogen) atoms. The first-order valence-electron chi connectivity index (χ1n) is 18.7. The number of ether oxygens (including phenoxy) is 1. The molecule has 5 atom stereocenters. The van der Waals surface area contributed by atoms with E-state index in [0.29, 0.717) is 49.4 Å². The van der Waals surface area contributed by atoms with Crippen molar-refractivity contribution in [2.75, 3.05) is 29.5 Å². The lowest BCUT2D eigenvalue weighted by Gasteiger charge is -2.37.